The van der Waals surface area contributed by atoms with Crippen molar-refractivity contribution in [2.45, 2.75) is 6.10 Å². The Labute approximate surface area is 111 Å². The molecule has 0 fully saturated rings. The normalized spacial score (nSPS) is 12.5. The number of benzene rings is 2. The van der Waals surface area contributed by atoms with Crippen molar-refractivity contribution in [3.8, 4) is 0 Å². The second kappa shape index (κ2) is 5.10. The lowest BCUT2D eigenvalue weighted by Gasteiger charge is -2.12. The monoisotopic (exact) mass is 346 g/mol. The lowest BCUT2D eigenvalue weighted by Crippen LogP contribution is -2.01. The molecule has 4 heteroatoms. The van der Waals surface area contributed by atoms with Crippen LogP contribution in [0.25, 0.3) is 0 Å². The Kier molecular flexibility index (Phi) is 3.73. The SMILES string of the molecule is OC(c1cccc(I)c1)c1ccc(F)c(F)c1. The van der Waals surface area contributed by atoms with Gasteiger partial charge in [-0.1, -0.05) is 18.2 Å². The van der Waals surface area contributed by atoms with Gasteiger partial charge >= 0.3 is 0 Å². The molecule has 0 aliphatic heterocycles. The number of halogens is 3. The summed E-state index contributed by atoms with van der Waals surface area (Å²) < 4.78 is 26.8. The Morgan fingerprint density at radius 2 is 1.65 bits per heavy atom. The highest BCUT2D eigenvalue weighted by Crippen LogP contribution is 2.24. The largest absolute Gasteiger partial charge is 0.384 e. The van der Waals surface area contributed by atoms with E-state index in [2.05, 4.69) is 22.6 Å². The predicted molar refractivity (Wildman–Crippen MR) is 69.6 cm³/mol. The molecule has 0 bridgehead atoms. The second-order valence-electron chi connectivity index (χ2n) is 3.63. The Morgan fingerprint density at radius 1 is 0.941 bits per heavy atom. The summed E-state index contributed by atoms with van der Waals surface area (Å²) in [4.78, 5) is 0. The molecule has 0 saturated heterocycles. The van der Waals surface area contributed by atoms with E-state index in [1.54, 1.807) is 18.2 Å². The third kappa shape index (κ3) is 2.81. The fourth-order valence-corrected chi connectivity index (χ4v) is 2.12. The Bertz CT molecular complexity index is 543. The topological polar surface area (TPSA) is 20.2 Å². The second-order valence-corrected chi connectivity index (χ2v) is 4.88. The molecule has 1 N–H and O–H groups in total. The molecule has 2 rings (SSSR count). The number of aliphatic hydroxyl groups is 1. The van der Waals surface area contributed by atoms with Crippen LogP contribution in [0.5, 0.6) is 0 Å². The molecule has 1 unspecified atom stereocenters. The molecule has 0 aliphatic carbocycles. The van der Waals surface area contributed by atoms with E-state index in [0.717, 1.165) is 15.7 Å². The van der Waals surface area contributed by atoms with Crippen molar-refractivity contribution < 1.29 is 13.9 Å². The summed E-state index contributed by atoms with van der Waals surface area (Å²) in [6.07, 6.45) is -0.945. The highest BCUT2D eigenvalue weighted by Gasteiger charge is 2.13. The van der Waals surface area contributed by atoms with Gasteiger partial charge in [0.25, 0.3) is 0 Å². The first kappa shape index (κ1) is 12.4. The predicted octanol–water partition coefficient (Wildman–Crippen LogP) is 3.65. The average molecular weight is 346 g/mol. The molecular weight excluding hydrogens is 337 g/mol. The van der Waals surface area contributed by atoms with Crippen LogP contribution in [-0.2, 0) is 0 Å². The fraction of sp³-hybridized carbons (Fsp3) is 0.0769. The quantitative estimate of drug-likeness (QED) is 0.823. The van der Waals surface area contributed by atoms with E-state index < -0.39 is 17.7 Å². The Hall–Kier alpha value is -1.01. The molecular formula is C13H9F2IO. The van der Waals surface area contributed by atoms with Crippen molar-refractivity contribution in [2.75, 3.05) is 0 Å². The molecule has 0 aromatic heterocycles. The van der Waals surface area contributed by atoms with E-state index in [1.807, 2.05) is 6.07 Å². The molecule has 0 aliphatic rings. The van der Waals surface area contributed by atoms with Gasteiger partial charge in [-0.3, -0.25) is 0 Å². The van der Waals surface area contributed by atoms with Crippen molar-refractivity contribution in [3.63, 3.8) is 0 Å². The van der Waals surface area contributed by atoms with Gasteiger partial charge in [-0.25, -0.2) is 8.78 Å². The van der Waals surface area contributed by atoms with Crippen LogP contribution in [0.4, 0.5) is 8.78 Å². The lowest BCUT2D eigenvalue weighted by molar-refractivity contribution is 0.219. The zero-order chi connectivity index (χ0) is 12.4. The van der Waals surface area contributed by atoms with Gasteiger partial charge in [0.2, 0.25) is 0 Å². The fourth-order valence-electron chi connectivity index (χ4n) is 1.55. The molecule has 0 radical (unpaired) electrons. The summed E-state index contributed by atoms with van der Waals surface area (Å²) in [5, 5.41) is 10.0. The maximum absolute atomic E-state index is 13.0. The first-order valence-electron chi connectivity index (χ1n) is 4.96. The third-order valence-electron chi connectivity index (χ3n) is 2.42. The van der Waals surface area contributed by atoms with Crippen molar-refractivity contribution in [3.05, 3.63) is 68.8 Å². The van der Waals surface area contributed by atoms with Crippen molar-refractivity contribution >= 4 is 22.6 Å². The van der Waals surface area contributed by atoms with Crippen molar-refractivity contribution in [2.24, 2.45) is 0 Å². The molecule has 17 heavy (non-hydrogen) atoms. The first-order valence-corrected chi connectivity index (χ1v) is 6.04. The number of rotatable bonds is 2. The van der Waals surface area contributed by atoms with Gasteiger partial charge in [0.15, 0.2) is 11.6 Å². The standard InChI is InChI=1S/C13H9F2IO/c14-11-5-4-9(7-12(11)15)13(17)8-2-1-3-10(16)6-8/h1-7,13,17H. The zero-order valence-corrected chi connectivity index (χ0v) is 10.9. The number of aliphatic hydroxyl groups excluding tert-OH is 1. The van der Waals surface area contributed by atoms with Crippen molar-refractivity contribution in [1.29, 1.82) is 0 Å². The average Bonchev–Trinajstić information content (AvgIpc) is 2.32. The molecule has 0 spiro atoms. The molecule has 2 aromatic rings. The number of hydrogen-bond donors (Lipinski definition) is 1. The Balaban J connectivity index is 2.36. The molecule has 1 atom stereocenters. The summed E-state index contributed by atoms with van der Waals surface area (Å²) in [6, 6.07) is 10.6. The van der Waals surface area contributed by atoms with Gasteiger partial charge in [-0.05, 0) is 58.0 Å². The van der Waals surface area contributed by atoms with Gasteiger partial charge in [0, 0.05) is 3.57 Å². The van der Waals surface area contributed by atoms with Gasteiger partial charge in [0.05, 0.1) is 0 Å². The minimum absolute atomic E-state index is 0.339. The first-order chi connectivity index (χ1) is 8.08. The molecule has 0 saturated carbocycles. The van der Waals surface area contributed by atoms with Crippen LogP contribution in [0.2, 0.25) is 0 Å². The van der Waals surface area contributed by atoms with Crippen LogP contribution in [-0.4, -0.2) is 5.11 Å². The lowest BCUT2D eigenvalue weighted by atomic mass is 10.0. The smallest absolute Gasteiger partial charge is 0.159 e. The molecule has 0 amide bonds. The highest BCUT2D eigenvalue weighted by atomic mass is 127. The van der Waals surface area contributed by atoms with Crippen LogP contribution in [0.3, 0.4) is 0 Å². The summed E-state index contributed by atoms with van der Waals surface area (Å²) in [6.45, 7) is 0. The molecule has 0 heterocycles. The van der Waals surface area contributed by atoms with Crippen molar-refractivity contribution in [1.82, 2.24) is 0 Å². The summed E-state index contributed by atoms with van der Waals surface area (Å²) >= 11 is 2.12. The third-order valence-corrected chi connectivity index (χ3v) is 3.09. The van der Waals surface area contributed by atoms with Gasteiger partial charge in [0.1, 0.15) is 6.10 Å². The molecule has 2 aromatic carbocycles. The summed E-state index contributed by atoms with van der Waals surface area (Å²) in [7, 11) is 0. The molecule has 1 nitrogen and oxygen atoms in total. The van der Waals surface area contributed by atoms with Crippen LogP contribution in [0.1, 0.15) is 17.2 Å². The Morgan fingerprint density at radius 3 is 2.29 bits per heavy atom. The zero-order valence-electron chi connectivity index (χ0n) is 8.70. The van der Waals surface area contributed by atoms with Gasteiger partial charge in [-0.2, -0.15) is 0 Å². The highest BCUT2D eigenvalue weighted by molar-refractivity contribution is 14.1. The van der Waals surface area contributed by atoms with E-state index in [0.29, 0.717) is 11.1 Å². The minimum Gasteiger partial charge on any atom is -0.384 e. The van der Waals surface area contributed by atoms with Crippen LogP contribution >= 0.6 is 22.6 Å². The van der Waals surface area contributed by atoms with Crippen LogP contribution in [0.15, 0.2) is 42.5 Å². The van der Waals surface area contributed by atoms with Crippen LogP contribution in [0, 0.1) is 15.2 Å². The van der Waals surface area contributed by atoms with E-state index in [4.69, 9.17) is 0 Å². The van der Waals surface area contributed by atoms with E-state index in [1.165, 1.54) is 6.07 Å². The molecule has 88 valence electrons. The van der Waals surface area contributed by atoms with Crippen LogP contribution < -0.4 is 0 Å². The summed E-state index contributed by atoms with van der Waals surface area (Å²) in [5.74, 6) is -1.87. The summed E-state index contributed by atoms with van der Waals surface area (Å²) in [5.41, 5.74) is 0.994. The van der Waals surface area contributed by atoms with E-state index in [9.17, 15) is 13.9 Å². The van der Waals surface area contributed by atoms with E-state index >= 15 is 0 Å². The minimum atomic E-state index is -0.952. The van der Waals surface area contributed by atoms with Gasteiger partial charge in [-0.15, -0.1) is 0 Å². The van der Waals surface area contributed by atoms with E-state index in [-0.39, 0.29) is 0 Å². The number of hydrogen-bond acceptors (Lipinski definition) is 1. The van der Waals surface area contributed by atoms with Gasteiger partial charge < -0.3 is 5.11 Å². The maximum Gasteiger partial charge on any atom is 0.159 e. The maximum atomic E-state index is 13.0.